The number of amides is 2. The Balaban J connectivity index is 1.54. The van der Waals surface area contributed by atoms with E-state index >= 15 is 0 Å². The van der Waals surface area contributed by atoms with Crippen molar-refractivity contribution in [3.63, 3.8) is 0 Å². The van der Waals surface area contributed by atoms with Crippen LogP contribution in [0.4, 0.5) is 11.5 Å². The highest BCUT2D eigenvalue weighted by Crippen LogP contribution is 2.20. The maximum Gasteiger partial charge on any atom is 0.255 e. The number of rotatable bonds is 5. The molecule has 25 heavy (non-hydrogen) atoms. The number of anilines is 2. The maximum absolute atomic E-state index is 12.2. The molecule has 0 unspecified atom stereocenters. The Morgan fingerprint density at radius 1 is 1.20 bits per heavy atom. The molecule has 1 atom stereocenters. The minimum atomic E-state index is -0.689. The van der Waals surface area contributed by atoms with Gasteiger partial charge in [0.05, 0.1) is 23.7 Å². The number of carbonyl (C=O) groups excluding carboxylic acids is 2. The van der Waals surface area contributed by atoms with E-state index in [9.17, 15) is 9.59 Å². The van der Waals surface area contributed by atoms with Crippen molar-refractivity contribution < 1.29 is 14.0 Å². The van der Waals surface area contributed by atoms with Gasteiger partial charge in [-0.25, -0.2) is 4.98 Å². The van der Waals surface area contributed by atoms with Crippen LogP contribution in [-0.2, 0) is 4.79 Å². The van der Waals surface area contributed by atoms with E-state index in [2.05, 4.69) is 20.5 Å². The first-order chi connectivity index (χ1) is 12.1. The number of nitrogens with one attached hydrogen (secondary N) is 2. The number of pyridine rings is 1. The van der Waals surface area contributed by atoms with Gasteiger partial charge in [-0.1, -0.05) is 0 Å². The lowest BCUT2D eigenvalue weighted by Gasteiger charge is -2.28. The summed E-state index contributed by atoms with van der Waals surface area (Å²) in [5, 5.41) is 5.33. The van der Waals surface area contributed by atoms with Gasteiger partial charge in [0.1, 0.15) is 18.1 Å². The smallest absolute Gasteiger partial charge is 0.255 e. The number of aromatic nitrogens is 1. The number of furan rings is 1. The molecule has 0 bridgehead atoms. The molecule has 2 aromatic rings. The SMILES string of the molecule is C[C@@H](NC(=O)c1ccoc1)C(=O)Nc1ccc(N2CCCCC2)cn1. The predicted octanol–water partition coefficient (Wildman–Crippen LogP) is 2.42. The molecule has 0 aliphatic carbocycles. The molecular weight excluding hydrogens is 320 g/mol. The fraction of sp³-hybridized carbons (Fsp3) is 0.389. The van der Waals surface area contributed by atoms with E-state index in [1.807, 2.05) is 6.07 Å². The van der Waals surface area contributed by atoms with Gasteiger partial charge in [0.2, 0.25) is 5.91 Å². The molecule has 1 saturated heterocycles. The molecule has 3 heterocycles. The first kappa shape index (κ1) is 17.0. The molecule has 0 radical (unpaired) electrons. The number of carbonyl (C=O) groups is 2. The molecule has 1 fully saturated rings. The Bertz CT molecular complexity index is 706. The van der Waals surface area contributed by atoms with Gasteiger partial charge >= 0.3 is 0 Å². The molecule has 2 aromatic heterocycles. The van der Waals surface area contributed by atoms with Crippen LogP contribution < -0.4 is 15.5 Å². The fourth-order valence-electron chi connectivity index (χ4n) is 2.77. The maximum atomic E-state index is 12.2. The van der Waals surface area contributed by atoms with Crippen molar-refractivity contribution >= 4 is 23.3 Å². The van der Waals surface area contributed by atoms with Gasteiger partial charge in [0.25, 0.3) is 5.91 Å². The molecule has 132 valence electrons. The number of hydrogen-bond donors (Lipinski definition) is 2. The van der Waals surface area contributed by atoms with Gasteiger partial charge in [0.15, 0.2) is 0 Å². The van der Waals surface area contributed by atoms with Gasteiger partial charge in [-0.2, -0.15) is 0 Å². The first-order valence-corrected chi connectivity index (χ1v) is 8.48. The normalized spacial score (nSPS) is 15.5. The van der Waals surface area contributed by atoms with Crippen LogP contribution in [0.3, 0.4) is 0 Å². The quantitative estimate of drug-likeness (QED) is 0.871. The second kappa shape index (κ2) is 7.83. The molecule has 0 aromatic carbocycles. The molecule has 2 amide bonds. The topological polar surface area (TPSA) is 87.5 Å². The first-order valence-electron chi connectivity index (χ1n) is 8.48. The van der Waals surface area contributed by atoms with E-state index in [1.54, 1.807) is 25.3 Å². The molecule has 7 heteroatoms. The summed E-state index contributed by atoms with van der Waals surface area (Å²) in [5.41, 5.74) is 1.45. The zero-order valence-corrected chi connectivity index (χ0v) is 14.2. The summed E-state index contributed by atoms with van der Waals surface area (Å²) in [6.07, 6.45) is 8.20. The minimum absolute atomic E-state index is 0.324. The molecule has 1 aliphatic heterocycles. The Kier molecular flexibility index (Phi) is 5.33. The Morgan fingerprint density at radius 2 is 2.00 bits per heavy atom. The Hall–Kier alpha value is -2.83. The average Bonchev–Trinajstić information content (AvgIpc) is 3.18. The van der Waals surface area contributed by atoms with Crippen molar-refractivity contribution in [3.8, 4) is 0 Å². The number of nitrogens with zero attached hydrogens (tertiary/aromatic N) is 2. The van der Waals surface area contributed by atoms with Crippen LogP contribution in [0.2, 0.25) is 0 Å². The highest BCUT2D eigenvalue weighted by molar-refractivity contribution is 6.00. The summed E-state index contributed by atoms with van der Waals surface area (Å²) >= 11 is 0. The molecular formula is C18H22N4O3. The Morgan fingerprint density at radius 3 is 2.64 bits per heavy atom. The van der Waals surface area contributed by atoms with Crippen LogP contribution in [0.1, 0.15) is 36.5 Å². The van der Waals surface area contributed by atoms with Crippen molar-refractivity contribution in [2.75, 3.05) is 23.3 Å². The third-order valence-electron chi connectivity index (χ3n) is 4.24. The van der Waals surface area contributed by atoms with E-state index in [-0.39, 0.29) is 11.8 Å². The summed E-state index contributed by atoms with van der Waals surface area (Å²) in [7, 11) is 0. The van der Waals surface area contributed by atoms with Gasteiger partial charge in [0, 0.05) is 13.1 Å². The van der Waals surface area contributed by atoms with Crippen molar-refractivity contribution in [2.24, 2.45) is 0 Å². The predicted molar refractivity (Wildman–Crippen MR) is 94.6 cm³/mol. The molecule has 2 N–H and O–H groups in total. The third-order valence-corrected chi connectivity index (χ3v) is 4.24. The average molecular weight is 342 g/mol. The summed E-state index contributed by atoms with van der Waals surface area (Å²) in [6, 6.07) is 4.60. The molecule has 1 aliphatic rings. The standard InChI is InChI=1S/C18H22N4O3/c1-13(20-18(24)14-7-10-25-12-14)17(23)21-16-6-5-15(11-19-16)22-8-3-2-4-9-22/h5-7,10-13H,2-4,8-9H2,1H3,(H,20,24)(H,19,21,23)/t13-/m1/s1. The summed E-state index contributed by atoms with van der Waals surface area (Å²) in [5.74, 6) is -0.213. The van der Waals surface area contributed by atoms with Crippen molar-refractivity contribution in [3.05, 3.63) is 42.5 Å². The van der Waals surface area contributed by atoms with Crippen LogP contribution in [0.25, 0.3) is 0 Å². The summed E-state index contributed by atoms with van der Waals surface area (Å²) in [6.45, 7) is 3.71. The molecule has 0 saturated carbocycles. The largest absolute Gasteiger partial charge is 0.472 e. The second-order valence-corrected chi connectivity index (χ2v) is 6.15. The minimum Gasteiger partial charge on any atom is -0.472 e. The zero-order chi connectivity index (χ0) is 17.6. The van der Waals surface area contributed by atoms with Gasteiger partial charge in [-0.05, 0) is 44.4 Å². The van der Waals surface area contributed by atoms with Gasteiger partial charge < -0.3 is 20.0 Å². The van der Waals surface area contributed by atoms with Crippen molar-refractivity contribution in [2.45, 2.75) is 32.2 Å². The van der Waals surface area contributed by atoms with Crippen LogP contribution in [-0.4, -0.2) is 35.9 Å². The zero-order valence-electron chi connectivity index (χ0n) is 14.2. The van der Waals surface area contributed by atoms with Crippen LogP contribution in [0.5, 0.6) is 0 Å². The molecule has 7 nitrogen and oxygen atoms in total. The van der Waals surface area contributed by atoms with E-state index in [0.29, 0.717) is 11.4 Å². The van der Waals surface area contributed by atoms with E-state index < -0.39 is 6.04 Å². The summed E-state index contributed by atoms with van der Waals surface area (Å²) in [4.78, 5) is 30.7. The van der Waals surface area contributed by atoms with Crippen LogP contribution in [0, 0.1) is 0 Å². The number of piperidine rings is 1. The monoisotopic (exact) mass is 342 g/mol. The fourth-order valence-corrected chi connectivity index (χ4v) is 2.77. The van der Waals surface area contributed by atoms with Crippen molar-refractivity contribution in [1.29, 1.82) is 0 Å². The van der Waals surface area contributed by atoms with Crippen molar-refractivity contribution in [1.82, 2.24) is 10.3 Å². The summed E-state index contributed by atoms with van der Waals surface area (Å²) < 4.78 is 4.86. The van der Waals surface area contributed by atoms with E-state index in [1.165, 1.54) is 31.8 Å². The lowest BCUT2D eigenvalue weighted by Crippen LogP contribution is -2.41. The lowest BCUT2D eigenvalue weighted by atomic mass is 10.1. The van der Waals surface area contributed by atoms with Crippen LogP contribution >= 0.6 is 0 Å². The second-order valence-electron chi connectivity index (χ2n) is 6.15. The third kappa shape index (κ3) is 4.37. The molecule has 0 spiro atoms. The highest BCUT2D eigenvalue weighted by atomic mass is 16.3. The van der Waals surface area contributed by atoms with Crippen LogP contribution in [0.15, 0.2) is 41.3 Å². The molecule has 3 rings (SSSR count). The highest BCUT2D eigenvalue weighted by Gasteiger charge is 2.18. The lowest BCUT2D eigenvalue weighted by molar-refractivity contribution is -0.117. The Labute approximate surface area is 146 Å². The number of hydrogen-bond acceptors (Lipinski definition) is 5. The van der Waals surface area contributed by atoms with E-state index in [4.69, 9.17) is 4.42 Å². The van der Waals surface area contributed by atoms with Gasteiger partial charge in [-0.15, -0.1) is 0 Å². The van der Waals surface area contributed by atoms with E-state index in [0.717, 1.165) is 18.8 Å². The van der Waals surface area contributed by atoms with Gasteiger partial charge in [-0.3, -0.25) is 9.59 Å².